The first kappa shape index (κ1) is 28.0. The van der Waals surface area contributed by atoms with E-state index >= 15 is 0 Å². The van der Waals surface area contributed by atoms with E-state index in [1.54, 1.807) is 30.7 Å². The highest BCUT2D eigenvalue weighted by Crippen LogP contribution is 2.36. The number of methoxy groups -OCH3 is 1. The number of amides is 1. The van der Waals surface area contributed by atoms with Gasteiger partial charge in [-0.05, 0) is 53.4 Å². The van der Waals surface area contributed by atoms with E-state index in [0.717, 1.165) is 41.5 Å². The highest BCUT2D eigenvalue weighted by molar-refractivity contribution is 8.19. The monoisotopic (exact) mass is 548 g/mol. The van der Waals surface area contributed by atoms with Crippen molar-refractivity contribution in [2.24, 2.45) is 4.40 Å². The summed E-state index contributed by atoms with van der Waals surface area (Å²) < 4.78 is 40.9. The zero-order valence-corrected chi connectivity index (χ0v) is 23.1. The molecular weight excluding hydrogens is 516 g/mol. The van der Waals surface area contributed by atoms with Gasteiger partial charge >= 0.3 is 0 Å². The zero-order chi connectivity index (χ0) is 26.0. The topological polar surface area (TPSA) is 85.3 Å². The summed E-state index contributed by atoms with van der Waals surface area (Å²) in [6, 6.07) is 8.58. The van der Waals surface area contributed by atoms with E-state index in [9.17, 15) is 13.2 Å². The fraction of sp³-hybridized carbons (Fsp3) is 0.385. The van der Waals surface area contributed by atoms with E-state index in [1.165, 1.54) is 42.7 Å². The molecule has 2 heterocycles. The number of carbonyl (C=O) groups is 1. The summed E-state index contributed by atoms with van der Waals surface area (Å²) in [4.78, 5) is 14.7. The number of benzene rings is 1. The lowest BCUT2D eigenvalue weighted by atomic mass is 10.1. The molecule has 0 atom stereocenters. The third-order valence-electron chi connectivity index (χ3n) is 5.39. The number of carbonyl (C=O) groups excluding carboxylic acids is 1. The number of ether oxygens (including phenoxy) is 2. The molecule has 0 N–H and O–H groups in total. The Hall–Kier alpha value is -2.56. The van der Waals surface area contributed by atoms with E-state index in [-0.39, 0.29) is 21.8 Å². The predicted molar refractivity (Wildman–Crippen MR) is 148 cm³/mol. The Balaban J connectivity index is 1.78. The third-order valence-corrected chi connectivity index (χ3v) is 9.15. The Kier molecular flexibility index (Phi) is 10.6. The molecule has 10 heteroatoms. The molecule has 1 aliphatic heterocycles. The zero-order valence-electron chi connectivity index (χ0n) is 20.6. The number of rotatable bonds is 14. The molecule has 1 aliphatic rings. The van der Waals surface area contributed by atoms with Gasteiger partial charge in [-0.2, -0.15) is 8.42 Å². The standard InChI is InChI=1S/C26H32N2O5S3/c1-4-6-7-8-9-10-16-33-22-18-20(13-14-21(22)32-3)19-23-25(29)28(15-5-2)26(35-23)27-36(30,31)24-12-11-17-34-24/h5,11-14,17-19H,2,4,6-10,15-16H2,1,3H3. The van der Waals surface area contributed by atoms with Crippen LogP contribution in [-0.4, -0.2) is 44.7 Å². The SMILES string of the molecule is C=CCN1C(=O)C(=Cc2ccc(OC)c(OCCCCCCCC)c2)SC1=NS(=O)(=O)c1cccs1. The van der Waals surface area contributed by atoms with Crippen LogP contribution in [0.2, 0.25) is 0 Å². The molecule has 194 valence electrons. The predicted octanol–water partition coefficient (Wildman–Crippen LogP) is 6.34. The molecule has 1 fully saturated rings. The van der Waals surface area contributed by atoms with Crippen LogP contribution in [0.4, 0.5) is 0 Å². The van der Waals surface area contributed by atoms with Crippen molar-refractivity contribution in [3.63, 3.8) is 0 Å². The quantitative estimate of drug-likeness (QED) is 0.156. The Morgan fingerprint density at radius 3 is 2.58 bits per heavy atom. The van der Waals surface area contributed by atoms with E-state index < -0.39 is 10.0 Å². The third kappa shape index (κ3) is 7.47. The van der Waals surface area contributed by atoms with Crippen molar-refractivity contribution in [1.29, 1.82) is 0 Å². The smallest absolute Gasteiger partial charge is 0.294 e. The fourth-order valence-electron chi connectivity index (χ4n) is 3.54. The molecule has 36 heavy (non-hydrogen) atoms. The van der Waals surface area contributed by atoms with Crippen LogP contribution >= 0.6 is 23.1 Å². The molecule has 0 aliphatic carbocycles. The number of hydrogen-bond donors (Lipinski definition) is 0. The van der Waals surface area contributed by atoms with Crippen molar-refractivity contribution in [1.82, 2.24) is 4.90 Å². The van der Waals surface area contributed by atoms with Gasteiger partial charge in [0.2, 0.25) is 0 Å². The molecule has 1 aromatic carbocycles. The number of thioether (sulfide) groups is 1. The van der Waals surface area contributed by atoms with Crippen LogP contribution in [0.1, 0.15) is 51.0 Å². The average Bonchev–Trinajstić information content (AvgIpc) is 3.50. The first-order chi connectivity index (χ1) is 17.4. The van der Waals surface area contributed by atoms with Crippen molar-refractivity contribution >= 4 is 50.3 Å². The lowest BCUT2D eigenvalue weighted by Gasteiger charge is -2.12. The van der Waals surface area contributed by atoms with Gasteiger partial charge in [0.25, 0.3) is 15.9 Å². The summed E-state index contributed by atoms with van der Waals surface area (Å²) in [5.41, 5.74) is 0.741. The van der Waals surface area contributed by atoms with Gasteiger partial charge in [0, 0.05) is 6.54 Å². The van der Waals surface area contributed by atoms with Crippen LogP contribution in [0.5, 0.6) is 11.5 Å². The maximum absolute atomic E-state index is 13.1. The molecule has 0 radical (unpaired) electrons. The number of sulfonamides is 1. The average molecular weight is 549 g/mol. The maximum Gasteiger partial charge on any atom is 0.294 e. The number of nitrogens with zero attached hydrogens (tertiary/aromatic N) is 2. The second-order valence-corrected chi connectivity index (χ2v) is 11.9. The minimum atomic E-state index is -3.91. The Labute approximate surface area is 222 Å². The molecule has 0 unspecified atom stereocenters. The van der Waals surface area contributed by atoms with Crippen molar-refractivity contribution in [3.05, 3.63) is 58.8 Å². The van der Waals surface area contributed by atoms with Crippen LogP contribution < -0.4 is 9.47 Å². The number of unbranched alkanes of at least 4 members (excludes halogenated alkanes) is 5. The summed E-state index contributed by atoms with van der Waals surface area (Å²) in [7, 11) is -2.33. The van der Waals surface area contributed by atoms with Gasteiger partial charge in [-0.15, -0.1) is 22.3 Å². The Morgan fingerprint density at radius 1 is 1.11 bits per heavy atom. The molecule has 0 bridgehead atoms. The highest BCUT2D eigenvalue weighted by Gasteiger charge is 2.34. The van der Waals surface area contributed by atoms with Crippen LogP contribution in [0, 0.1) is 0 Å². The van der Waals surface area contributed by atoms with Gasteiger partial charge in [0.1, 0.15) is 4.21 Å². The molecule has 7 nitrogen and oxygen atoms in total. The minimum absolute atomic E-state index is 0.104. The largest absolute Gasteiger partial charge is 0.493 e. The second kappa shape index (κ2) is 13.7. The molecule has 2 aromatic rings. The van der Waals surface area contributed by atoms with Crippen LogP contribution in [0.15, 0.2) is 61.9 Å². The van der Waals surface area contributed by atoms with Crippen molar-refractivity contribution in [2.45, 2.75) is 49.7 Å². The van der Waals surface area contributed by atoms with Crippen molar-refractivity contribution in [2.75, 3.05) is 20.3 Å². The Morgan fingerprint density at radius 2 is 1.89 bits per heavy atom. The molecule has 3 rings (SSSR count). The highest BCUT2D eigenvalue weighted by atomic mass is 32.2. The van der Waals surface area contributed by atoms with Gasteiger partial charge < -0.3 is 9.47 Å². The van der Waals surface area contributed by atoms with Crippen LogP contribution in [-0.2, 0) is 14.8 Å². The second-order valence-electron chi connectivity index (χ2n) is 8.12. The summed E-state index contributed by atoms with van der Waals surface area (Å²) in [5, 5.41) is 1.77. The lowest BCUT2D eigenvalue weighted by molar-refractivity contribution is -0.121. The number of hydrogen-bond acceptors (Lipinski definition) is 7. The van der Waals surface area contributed by atoms with E-state index in [2.05, 4.69) is 17.9 Å². The van der Waals surface area contributed by atoms with Gasteiger partial charge in [-0.1, -0.05) is 57.2 Å². The molecular formula is C26H32N2O5S3. The van der Waals surface area contributed by atoms with Crippen LogP contribution in [0.25, 0.3) is 6.08 Å². The first-order valence-corrected chi connectivity index (χ1v) is 15.0. The summed E-state index contributed by atoms with van der Waals surface area (Å²) in [6.45, 7) is 6.62. The lowest BCUT2D eigenvalue weighted by Crippen LogP contribution is -2.29. The Bertz CT molecular complexity index is 1200. The number of amidine groups is 1. The molecule has 1 saturated heterocycles. The van der Waals surface area contributed by atoms with Crippen molar-refractivity contribution < 1.29 is 22.7 Å². The number of thiophene rings is 1. The molecule has 1 amide bonds. The van der Waals surface area contributed by atoms with Crippen molar-refractivity contribution in [3.8, 4) is 11.5 Å². The molecule has 0 saturated carbocycles. The fourth-order valence-corrected chi connectivity index (χ4v) is 6.69. The minimum Gasteiger partial charge on any atom is -0.493 e. The van der Waals surface area contributed by atoms with E-state index in [0.29, 0.717) is 23.0 Å². The molecule has 1 aromatic heterocycles. The van der Waals surface area contributed by atoms with Gasteiger partial charge in [0.05, 0.1) is 18.6 Å². The molecule has 0 spiro atoms. The summed E-state index contributed by atoms with van der Waals surface area (Å²) in [5.74, 6) is 0.893. The first-order valence-electron chi connectivity index (χ1n) is 11.9. The summed E-state index contributed by atoms with van der Waals surface area (Å²) in [6.07, 6.45) is 10.3. The normalized spacial score (nSPS) is 16.2. The maximum atomic E-state index is 13.1. The van der Waals surface area contributed by atoms with Gasteiger partial charge in [-0.3, -0.25) is 9.69 Å². The van der Waals surface area contributed by atoms with E-state index in [4.69, 9.17) is 9.47 Å². The summed E-state index contributed by atoms with van der Waals surface area (Å²) >= 11 is 2.11. The van der Waals surface area contributed by atoms with E-state index in [1.807, 2.05) is 12.1 Å². The van der Waals surface area contributed by atoms with Gasteiger partial charge in [-0.25, -0.2) is 0 Å². The van der Waals surface area contributed by atoms with Crippen LogP contribution in [0.3, 0.4) is 0 Å². The van der Waals surface area contributed by atoms with Gasteiger partial charge in [0.15, 0.2) is 16.7 Å².